The van der Waals surface area contributed by atoms with Crippen molar-refractivity contribution in [2.75, 3.05) is 5.73 Å². The summed E-state index contributed by atoms with van der Waals surface area (Å²) in [5.41, 5.74) is 12.2. The van der Waals surface area contributed by atoms with Crippen LogP contribution >= 0.6 is 0 Å². The second kappa shape index (κ2) is 8.64. The number of nitrogen functional groups attached to an aromatic ring is 1. The van der Waals surface area contributed by atoms with E-state index < -0.39 is 0 Å². The highest BCUT2D eigenvalue weighted by molar-refractivity contribution is 6.54. The molecule has 4 aromatic rings. The van der Waals surface area contributed by atoms with E-state index in [9.17, 15) is 0 Å². The Bertz CT molecular complexity index is 1290. The summed E-state index contributed by atoms with van der Waals surface area (Å²) in [6.07, 6.45) is 5.70. The van der Waals surface area contributed by atoms with E-state index in [0.29, 0.717) is 11.4 Å². The maximum absolute atomic E-state index is 7.98. The Balaban J connectivity index is 0.000000150. The first kappa shape index (κ1) is 20.0. The van der Waals surface area contributed by atoms with Gasteiger partial charge in [-0.15, -0.1) is 0 Å². The minimum Gasteiger partial charge on any atom is -0.399 e. The van der Waals surface area contributed by atoms with Gasteiger partial charge in [0.05, 0.1) is 11.4 Å². The van der Waals surface area contributed by atoms with Crippen LogP contribution in [0.15, 0.2) is 104 Å². The number of hydrogen-bond donors (Lipinski definition) is 3. The Kier molecular flexibility index (Phi) is 5.59. The molecule has 31 heavy (non-hydrogen) atoms. The third kappa shape index (κ3) is 3.94. The quantitative estimate of drug-likeness (QED) is 0.253. The molecule has 0 radical (unpaired) electrons. The Morgan fingerprint density at radius 2 is 1.19 bits per heavy atom. The molecule has 150 valence electrons. The molecule has 3 heteroatoms. The van der Waals surface area contributed by atoms with E-state index in [0.717, 1.165) is 33.5 Å². The summed E-state index contributed by atoms with van der Waals surface area (Å²) >= 11 is 0. The fourth-order valence-corrected chi connectivity index (χ4v) is 3.82. The molecule has 0 spiro atoms. The smallest absolute Gasteiger partial charge is 0.0874 e. The normalized spacial score (nSPS) is 12.1. The van der Waals surface area contributed by atoms with E-state index in [4.69, 9.17) is 16.6 Å². The van der Waals surface area contributed by atoms with Crippen LogP contribution in [-0.4, -0.2) is 11.4 Å². The van der Waals surface area contributed by atoms with Crippen LogP contribution in [-0.2, 0) is 0 Å². The standard InChI is InChI=1S/C14H10N2.C14H13N/c15-13-11-7-3-1-5-9(11)10-6-2-4-8-12(10)14(13)16;1-2-3-6-11-9-13(15)10-12-7-4-5-8-14(11)12/h1-8,15-16H;2-10H,1,15H2/b;6-3-. The summed E-state index contributed by atoms with van der Waals surface area (Å²) in [5.74, 6) is 0. The fraction of sp³-hybridized carbons (Fsp3) is 0. The molecule has 0 atom stereocenters. The Morgan fingerprint density at radius 3 is 1.77 bits per heavy atom. The van der Waals surface area contributed by atoms with E-state index in [1.165, 1.54) is 10.8 Å². The Hall–Kier alpha value is -4.24. The van der Waals surface area contributed by atoms with Gasteiger partial charge in [0.2, 0.25) is 0 Å². The van der Waals surface area contributed by atoms with Gasteiger partial charge in [-0.05, 0) is 39.6 Å². The molecule has 0 saturated heterocycles. The lowest BCUT2D eigenvalue weighted by atomic mass is 9.83. The third-order valence-corrected chi connectivity index (χ3v) is 5.26. The molecule has 0 heterocycles. The molecule has 1 aliphatic rings. The lowest BCUT2D eigenvalue weighted by Gasteiger charge is -2.20. The predicted octanol–water partition coefficient (Wildman–Crippen LogP) is 6.72. The zero-order valence-electron chi connectivity index (χ0n) is 17.1. The molecule has 5 rings (SSSR count). The van der Waals surface area contributed by atoms with Crippen molar-refractivity contribution in [3.05, 3.63) is 120 Å². The van der Waals surface area contributed by atoms with Crippen molar-refractivity contribution < 1.29 is 0 Å². The number of anilines is 1. The minimum atomic E-state index is 0.314. The van der Waals surface area contributed by atoms with Crippen LogP contribution in [0.1, 0.15) is 16.7 Å². The topological polar surface area (TPSA) is 73.7 Å². The predicted molar refractivity (Wildman–Crippen MR) is 133 cm³/mol. The minimum absolute atomic E-state index is 0.314. The molecule has 1 aliphatic carbocycles. The fourth-order valence-electron chi connectivity index (χ4n) is 3.82. The van der Waals surface area contributed by atoms with Gasteiger partial charge in [0.25, 0.3) is 0 Å². The molecule has 0 fully saturated rings. The van der Waals surface area contributed by atoms with Gasteiger partial charge in [0.15, 0.2) is 0 Å². The summed E-state index contributed by atoms with van der Waals surface area (Å²) in [6.45, 7) is 3.66. The highest BCUT2D eigenvalue weighted by Gasteiger charge is 2.23. The van der Waals surface area contributed by atoms with Gasteiger partial charge in [-0.25, -0.2) is 0 Å². The van der Waals surface area contributed by atoms with Gasteiger partial charge in [0.1, 0.15) is 0 Å². The number of rotatable bonds is 2. The summed E-state index contributed by atoms with van der Waals surface area (Å²) in [7, 11) is 0. The van der Waals surface area contributed by atoms with Crippen molar-refractivity contribution in [1.29, 1.82) is 10.8 Å². The van der Waals surface area contributed by atoms with Crippen molar-refractivity contribution in [1.82, 2.24) is 0 Å². The van der Waals surface area contributed by atoms with Crippen LogP contribution in [0.2, 0.25) is 0 Å². The molecule has 0 unspecified atom stereocenters. The number of allylic oxidation sites excluding steroid dienone is 2. The van der Waals surface area contributed by atoms with Crippen molar-refractivity contribution in [3.8, 4) is 11.1 Å². The van der Waals surface area contributed by atoms with Crippen molar-refractivity contribution in [2.45, 2.75) is 0 Å². The average molecular weight is 402 g/mol. The van der Waals surface area contributed by atoms with Crippen LogP contribution in [0.3, 0.4) is 0 Å². The number of hydrogen-bond acceptors (Lipinski definition) is 3. The highest BCUT2D eigenvalue weighted by atomic mass is 14.6. The maximum atomic E-state index is 7.98. The molecule has 4 N–H and O–H groups in total. The van der Waals surface area contributed by atoms with Crippen molar-refractivity contribution in [3.63, 3.8) is 0 Å². The van der Waals surface area contributed by atoms with Crippen molar-refractivity contribution in [2.24, 2.45) is 0 Å². The maximum Gasteiger partial charge on any atom is 0.0874 e. The highest BCUT2D eigenvalue weighted by Crippen LogP contribution is 2.32. The average Bonchev–Trinajstić information content (AvgIpc) is 2.81. The molecular weight excluding hydrogens is 378 g/mol. The first-order valence-corrected chi connectivity index (χ1v) is 10.0. The number of fused-ring (bicyclic) bond motifs is 4. The van der Waals surface area contributed by atoms with Gasteiger partial charge in [0, 0.05) is 16.8 Å². The number of nitrogens with one attached hydrogen (secondary N) is 2. The van der Waals surface area contributed by atoms with Crippen LogP contribution < -0.4 is 5.73 Å². The van der Waals surface area contributed by atoms with Gasteiger partial charge < -0.3 is 5.73 Å². The monoisotopic (exact) mass is 401 g/mol. The van der Waals surface area contributed by atoms with E-state index in [2.05, 4.69) is 18.7 Å². The van der Waals surface area contributed by atoms with Gasteiger partial charge in [-0.2, -0.15) is 0 Å². The van der Waals surface area contributed by atoms with Crippen LogP contribution in [0, 0.1) is 10.8 Å². The van der Waals surface area contributed by atoms with E-state index in [-0.39, 0.29) is 0 Å². The van der Waals surface area contributed by atoms with Crippen molar-refractivity contribution >= 4 is 34.0 Å². The lowest BCUT2D eigenvalue weighted by molar-refractivity contribution is 1.42. The Labute approximate surface area is 182 Å². The lowest BCUT2D eigenvalue weighted by Crippen LogP contribution is -2.20. The Morgan fingerprint density at radius 1 is 0.677 bits per heavy atom. The second-order valence-corrected chi connectivity index (χ2v) is 7.27. The first-order chi connectivity index (χ1) is 15.1. The second-order valence-electron chi connectivity index (χ2n) is 7.27. The molecular formula is C28H23N3. The zero-order chi connectivity index (χ0) is 21.8. The first-order valence-electron chi connectivity index (χ1n) is 10.0. The summed E-state index contributed by atoms with van der Waals surface area (Å²) in [5, 5.41) is 18.3. The largest absolute Gasteiger partial charge is 0.399 e. The van der Waals surface area contributed by atoms with E-state index >= 15 is 0 Å². The van der Waals surface area contributed by atoms with Gasteiger partial charge in [-0.3, -0.25) is 10.8 Å². The molecule has 3 nitrogen and oxygen atoms in total. The summed E-state index contributed by atoms with van der Waals surface area (Å²) in [4.78, 5) is 0. The van der Waals surface area contributed by atoms with Gasteiger partial charge in [-0.1, -0.05) is 97.6 Å². The molecule has 0 amide bonds. The molecule has 0 bridgehead atoms. The summed E-state index contributed by atoms with van der Waals surface area (Å²) in [6, 6.07) is 27.8. The summed E-state index contributed by atoms with van der Waals surface area (Å²) < 4.78 is 0. The van der Waals surface area contributed by atoms with E-state index in [1.807, 2.05) is 84.9 Å². The molecule has 0 aromatic heterocycles. The number of benzene rings is 4. The van der Waals surface area contributed by atoms with Crippen LogP contribution in [0.5, 0.6) is 0 Å². The molecule has 4 aromatic carbocycles. The SMILES string of the molecule is C=C/C=C\c1cc(N)cc2ccccc12.N=C1C(=N)c2ccccc2-c2ccccc21. The number of nitrogens with two attached hydrogens (primary N) is 1. The van der Waals surface area contributed by atoms with Crippen LogP contribution in [0.25, 0.3) is 28.0 Å². The zero-order valence-corrected chi connectivity index (χ0v) is 17.1. The molecule has 0 aliphatic heterocycles. The van der Waals surface area contributed by atoms with Crippen LogP contribution in [0.4, 0.5) is 5.69 Å². The third-order valence-electron chi connectivity index (χ3n) is 5.26. The van der Waals surface area contributed by atoms with Gasteiger partial charge >= 0.3 is 0 Å². The van der Waals surface area contributed by atoms with E-state index in [1.54, 1.807) is 6.08 Å². The molecule has 0 saturated carbocycles.